The topological polar surface area (TPSA) is 90.9 Å². The first kappa shape index (κ1) is 21.5. The summed E-state index contributed by atoms with van der Waals surface area (Å²) in [4.78, 5) is 9.81. The lowest BCUT2D eigenvalue weighted by atomic mass is 10.3. The highest BCUT2D eigenvalue weighted by Gasteiger charge is 2.40. The van der Waals surface area contributed by atoms with E-state index in [-0.39, 0.29) is 26.6 Å². The van der Waals surface area contributed by atoms with E-state index in [0.29, 0.717) is 17.4 Å². The van der Waals surface area contributed by atoms with Crippen LogP contribution in [0.25, 0.3) is 32.1 Å². The molecule has 166 valence electrons. The Kier molecular flexibility index (Phi) is 4.63. The number of sulfone groups is 1. The summed E-state index contributed by atoms with van der Waals surface area (Å²) in [5.41, 5.74) is -1.72. The van der Waals surface area contributed by atoms with Gasteiger partial charge in [0.2, 0.25) is 0 Å². The molecule has 0 aliphatic heterocycles. The van der Waals surface area contributed by atoms with Gasteiger partial charge in [-0.2, -0.15) is 31.3 Å². The van der Waals surface area contributed by atoms with Crippen molar-refractivity contribution >= 4 is 42.6 Å². The van der Waals surface area contributed by atoms with Crippen molar-refractivity contribution in [1.82, 2.24) is 19.5 Å². The molecule has 0 atom stereocenters. The molecule has 0 amide bonds. The minimum absolute atomic E-state index is 0.0742. The molecule has 0 radical (unpaired) electrons. The largest absolute Gasteiger partial charge is 0.469 e. The van der Waals surface area contributed by atoms with Crippen LogP contribution in [0, 0.1) is 0 Å². The van der Waals surface area contributed by atoms with Crippen LogP contribution in [-0.2, 0) is 29.2 Å². The average molecular weight is 484 g/mol. The number of alkyl halides is 6. The summed E-state index contributed by atoms with van der Waals surface area (Å²) >= 11 is 0.585. The van der Waals surface area contributed by atoms with Gasteiger partial charge in [-0.15, -0.1) is 11.3 Å². The summed E-state index contributed by atoms with van der Waals surface area (Å²) in [6.07, 6.45) is -8.71. The molecule has 4 aromatic heterocycles. The van der Waals surface area contributed by atoms with Gasteiger partial charge in [-0.25, -0.2) is 18.4 Å². The summed E-state index contributed by atoms with van der Waals surface area (Å²) < 4.78 is 109. The number of rotatable bonds is 3. The molecule has 31 heavy (non-hydrogen) atoms. The van der Waals surface area contributed by atoms with E-state index in [1.807, 2.05) is 0 Å². The Labute approximate surface area is 173 Å². The standard InChI is InChI=1S/C16H10F6N4O3S2/c1-3-31(27,28)11-9-13(25-14(29-9)16(20,21)22)30-10(11)12-24-6-4-8(15(17,18)19)23-5-7(6)26(12)2/h4-5H,3H2,1-2H3. The molecular formula is C16H10F6N4O3S2. The number of fused-ring (bicyclic) bond motifs is 2. The fourth-order valence-electron chi connectivity index (χ4n) is 2.91. The average Bonchev–Trinajstić information content (AvgIpc) is 3.30. The van der Waals surface area contributed by atoms with E-state index in [0.717, 1.165) is 6.20 Å². The summed E-state index contributed by atoms with van der Waals surface area (Å²) in [7, 11) is -2.70. The second kappa shape index (κ2) is 6.66. The van der Waals surface area contributed by atoms with Gasteiger partial charge in [0.1, 0.15) is 10.6 Å². The van der Waals surface area contributed by atoms with E-state index >= 15 is 0 Å². The minimum Gasteiger partial charge on any atom is -0.430 e. The molecule has 4 rings (SSSR count). The van der Waals surface area contributed by atoms with E-state index in [1.54, 1.807) is 0 Å². The van der Waals surface area contributed by atoms with Crippen LogP contribution in [0.5, 0.6) is 0 Å². The van der Waals surface area contributed by atoms with E-state index in [9.17, 15) is 34.8 Å². The summed E-state index contributed by atoms with van der Waals surface area (Å²) in [6, 6.07) is 0.699. The molecule has 0 unspecified atom stereocenters. The van der Waals surface area contributed by atoms with E-state index < -0.39 is 50.0 Å². The normalized spacial score (nSPS) is 13.5. The van der Waals surface area contributed by atoms with Crippen LogP contribution in [0.4, 0.5) is 26.3 Å². The van der Waals surface area contributed by atoms with Crippen molar-refractivity contribution < 1.29 is 39.2 Å². The van der Waals surface area contributed by atoms with Crippen molar-refractivity contribution in [2.24, 2.45) is 7.05 Å². The van der Waals surface area contributed by atoms with E-state index in [4.69, 9.17) is 4.42 Å². The molecule has 7 nitrogen and oxygen atoms in total. The van der Waals surface area contributed by atoms with Crippen LogP contribution >= 0.6 is 11.3 Å². The number of imidazole rings is 1. The SMILES string of the molecule is CCS(=O)(=O)c1c(-c2nc3cc(C(F)(F)F)ncc3n2C)sc2nc(C(F)(F)F)oc12. The fraction of sp³-hybridized carbons (Fsp3) is 0.312. The molecule has 0 saturated carbocycles. The quantitative estimate of drug-likeness (QED) is 0.393. The van der Waals surface area contributed by atoms with Gasteiger partial charge in [-0.1, -0.05) is 6.92 Å². The lowest BCUT2D eigenvalue weighted by molar-refractivity contribution is -0.156. The number of halogens is 6. The molecule has 0 fully saturated rings. The molecule has 0 spiro atoms. The maximum Gasteiger partial charge on any atom is 0.469 e. The van der Waals surface area contributed by atoms with Gasteiger partial charge in [0, 0.05) is 7.05 Å². The summed E-state index contributed by atoms with van der Waals surface area (Å²) in [6.45, 7) is 1.29. The van der Waals surface area contributed by atoms with Crippen molar-refractivity contribution in [3.8, 4) is 10.7 Å². The molecular weight excluding hydrogens is 474 g/mol. The van der Waals surface area contributed by atoms with Gasteiger partial charge in [0.05, 0.1) is 27.9 Å². The van der Waals surface area contributed by atoms with Crippen molar-refractivity contribution in [2.75, 3.05) is 5.75 Å². The van der Waals surface area contributed by atoms with Crippen LogP contribution in [0.1, 0.15) is 18.5 Å². The fourth-order valence-corrected chi connectivity index (χ4v) is 5.58. The number of thiophene rings is 1. The predicted molar refractivity (Wildman–Crippen MR) is 97.1 cm³/mol. The van der Waals surface area contributed by atoms with Crippen molar-refractivity contribution in [2.45, 2.75) is 24.2 Å². The van der Waals surface area contributed by atoms with Gasteiger partial charge >= 0.3 is 18.2 Å². The predicted octanol–water partition coefficient (Wildman–Crippen LogP) is 4.67. The van der Waals surface area contributed by atoms with E-state index in [2.05, 4.69) is 15.0 Å². The number of hydrogen-bond donors (Lipinski definition) is 0. The molecule has 4 heterocycles. The number of aromatic nitrogens is 4. The highest BCUT2D eigenvalue weighted by atomic mass is 32.2. The third kappa shape index (κ3) is 3.44. The van der Waals surface area contributed by atoms with Gasteiger partial charge in [-0.3, -0.25) is 0 Å². The Hall–Kier alpha value is -2.68. The van der Waals surface area contributed by atoms with Crippen LogP contribution < -0.4 is 0 Å². The number of nitrogens with zero attached hydrogens (tertiary/aromatic N) is 4. The molecule has 4 aromatic rings. The smallest absolute Gasteiger partial charge is 0.430 e. The van der Waals surface area contributed by atoms with Gasteiger partial charge in [-0.05, 0) is 6.07 Å². The first-order chi connectivity index (χ1) is 14.2. The number of pyridine rings is 1. The molecule has 0 saturated heterocycles. The highest BCUT2D eigenvalue weighted by Crippen LogP contribution is 2.44. The van der Waals surface area contributed by atoms with Crippen LogP contribution in [0.3, 0.4) is 0 Å². The van der Waals surface area contributed by atoms with Crippen molar-refractivity contribution in [1.29, 1.82) is 0 Å². The maximum absolute atomic E-state index is 13.0. The third-order valence-corrected chi connectivity index (χ3v) is 7.36. The molecule has 0 N–H and O–H groups in total. The lowest BCUT2D eigenvalue weighted by Gasteiger charge is -2.05. The zero-order valence-electron chi connectivity index (χ0n) is 15.5. The van der Waals surface area contributed by atoms with Crippen LogP contribution in [-0.4, -0.2) is 33.7 Å². The second-order valence-electron chi connectivity index (χ2n) is 6.37. The minimum atomic E-state index is -4.93. The summed E-state index contributed by atoms with van der Waals surface area (Å²) in [5.74, 6) is -2.13. The van der Waals surface area contributed by atoms with Crippen molar-refractivity contribution in [3.05, 3.63) is 23.8 Å². The van der Waals surface area contributed by atoms with Gasteiger partial charge < -0.3 is 8.98 Å². The Morgan fingerprint density at radius 3 is 2.39 bits per heavy atom. The van der Waals surface area contributed by atoms with Gasteiger partial charge in [0.25, 0.3) is 0 Å². The number of oxazole rings is 1. The molecule has 0 aliphatic carbocycles. The number of aryl methyl sites for hydroxylation is 1. The monoisotopic (exact) mass is 484 g/mol. The maximum atomic E-state index is 13.0. The van der Waals surface area contributed by atoms with E-state index in [1.165, 1.54) is 18.5 Å². The first-order valence-corrected chi connectivity index (χ1v) is 10.8. The molecule has 15 heteroatoms. The zero-order valence-corrected chi connectivity index (χ0v) is 17.1. The Bertz CT molecular complexity index is 1430. The molecule has 0 aromatic carbocycles. The highest BCUT2D eigenvalue weighted by molar-refractivity contribution is 7.92. The third-order valence-electron chi connectivity index (χ3n) is 4.40. The lowest BCUT2D eigenvalue weighted by Crippen LogP contribution is -2.07. The Morgan fingerprint density at radius 2 is 1.81 bits per heavy atom. The van der Waals surface area contributed by atoms with Crippen molar-refractivity contribution in [3.63, 3.8) is 0 Å². The second-order valence-corrected chi connectivity index (χ2v) is 9.58. The number of hydrogen-bond acceptors (Lipinski definition) is 7. The Morgan fingerprint density at radius 1 is 1.13 bits per heavy atom. The van der Waals surface area contributed by atoms with Gasteiger partial charge in [0.15, 0.2) is 26.1 Å². The molecule has 0 bridgehead atoms. The van der Waals surface area contributed by atoms with Crippen LogP contribution in [0.2, 0.25) is 0 Å². The first-order valence-electron chi connectivity index (χ1n) is 8.37. The van der Waals surface area contributed by atoms with Crippen LogP contribution in [0.15, 0.2) is 21.6 Å². The molecule has 0 aliphatic rings. The zero-order chi connectivity index (χ0) is 22.9. The Balaban J connectivity index is 2.01. The summed E-state index contributed by atoms with van der Waals surface area (Å²) in [5, 5.41) is 0.